The highest BCUT2D eigenvalue weighted by atomic mass is 32.1. The number of aryl methyl sites for hydroxylation is 1. The van der Waals surface area contributed by atoms with E-state index in [1.54, 1.807) is 12.3 Å². The molecule has 2 aromatic heterocycles. The van der Waals surface area contributed by atoms with Crippen molar-refractivity contribution in [1.29, 1.82) is 5.26 Å². The normalized spacial score (nSPS) is 10.8. The molecular weight excluding hydrogens is 278 g/mol. The van der Waals surface area contributed by atoms with Gasteiger partial charge in [0.1, 0.15) is 10.9 Å². The van der Waals surface area contributed by atoms with Crippen LogP contribution in [0.2, 0.25) is 0 Å². The Morgan fingerprint density at radius 2 is 2.15 bits per heavy atom. The fourth-order valence-corrected chi connectivity index (χ4v) is 3.21. The van der Waals surface area contributed by atoms with Crippen molar-refractivity contribution in [3.05, 3.63) is 55.3 Å². The van der Waals surface area contributed by atoms with E-state index in [2.05, 4.69) is 6.07 Å². The van der Waals surface area contributed by atoms with E-state index in [0.29, 0.717) is 21.5 Å². The van der Waals surface area contributed by atoms with E-state index < -0.39 is 4.92 Å². The Kier molecular flexibility index (Phi) is 2.55. The van der Waals surface area contributed by atoms with Gasteiger partial charge in [-0.25, -0.2) is 0 Å². The minimum absolute atomic E-state index is 0.161. The molecule has 6 nitrogen and oxygen atoms in total. The standard InChI is InChI=1S/C13H7N3O3S/c1-7-6-20-13-11(5-14)9-3-2-8(16(18)19)4-10(9)12(17)15(7)13/h2-4,6H,1H3. The summed E-state index contributed by atoms with van der Waals surface area (Å²) in [6, 6.07) is 6.07. The maximum Gasteiger partial charge on any atom is 0.270 e. The van der Waals surface area contributed by atoms with Crippen molar-refractivity contribution in [2.75, 3.05) is 0 Å². The molecule has 0 aliphatic carbocycles. The van der Waals surface area contributed by atoms with Crippen LogP contribution in [0, 0.1) is 28.4 Å². The van der Waals surface area contributed by atoms with E-state index in [0.717, 1.165) is 0 Å². The molecule has 0 fully saturated rings. The van der Waals surface area contributed by atoms with Crippen LogP contribution in [-0.2, 0) is 0 Å². The fraction of sp³-hybridized carbons (Fsp3) is 0.0769. The number of fused-ring (bicyclic) bond motifs is 2. The van der Waals surface area contributed by atoms with Crippen LogP contribution in [0.25, 0.3) is 15.6 Å². The van der Waals surface area contributed by atoms with Crippen LogP contribution in [0.4, 0.5) is 5.69 Å². The number of hydrogen-bond donors (Lipinski definition) is 0. The predicted octanol–water partition coefficient (Wildman–Crippen LogP) is 2.60. The highest BCUT2D eigenvalue weighted by molar-refractivity contribution is 7.16. The monoisotopic (exact) mass is 285 g/mol. The lowest BCUT2D eigenvalue weighted by molar-refractivity contribution is -0.384. The minimum atomic E-state index is -0.555. The number of non-ortho nitro benzene ring substituents is 1. The third-order valence-electron chi connectivity index (χ3n) is 3.14. The van der Waals surface area contributed by atoms with Gasteiger partial charge >= 0.3 is 0 Å². The lowest BCUT2D eigenvalue weighted by Crippen LogP contribution is -2.15. The van der Waals surface area contributed by atoms with E-state index >= 15 is 0 Å². The molecule has 3 aromatic rings. The Morgan fingerprint density at radius 1 is 1.40 bits per heavy atom. The summed E-state index contributed by atoms with van der Waals surface area (Å²) in [5.74, 6) is 0. The maximum atomic E-state index is 12.5. The smallest absolute Gasteiger partial charge is 0.270 e. The predicted molar refractivity (Wildman–Crippen MR) is 75.2 cm³/mol. The molecule has 0 saturated heterocycles. The van der Waals surface area contributed by atoms with Crippen LogP contribution in [0.15, 0.2) is 28.4 Å². The van der Waals surface area contributed by atoms with Gasteiger partial charge in [0.25, 0.3) is 11.2 Å². The van der Waals surface area contributed by atoms with Crippen molar-refractivity contribution in [3.8, 4) is 6.07 Å². The molecule has 0 saturated carbocycles. The highest BCUT2D eigenvalue weighted by Gasteiger charge is 2.17. The van der Waals surface area contributed by atoms with Crippen LogP contribution in [0.5, 0.6) is 0 Å². The van der Waals surface area contributed by atoms with Gasteiger partial charge in [-0.2, -0.15) is 5.26 Å². The summed E-state index contributed by atoms with van der Waals surface area (Å²) in [5.41, 5.74) is 0.579. The summed E-state index contributed by atoms with van der Waals surface area (Å²) in [6.07, 6.45) is 0. The first-order valence-corrected chi connectivity index (χ1v) is 6.53. The largest absolute Gasteiger partial charge is 0.270 e. The van der Waals surface area contributed by atoms with Gasteiger partial charge in [-0.1, -0.05) is 0 Å². The molecule has 0 spiro atoms. The highest BCUT2D eigenvalue weighted by Crippen LogP contribution is 2.27. The van der Waals surface area contributed by atoms with Gasteiger partial charge in [0.15, 0.2) is 0 Å². The van der Waals surface area contributed by atoms with E-state index in [4.69, 9.17) is 0 Å². The molecule has 0 N–H and O–H groups in total. The Bertz CT molecular complexity index is 978. The van der Waals surface area contributed by atoms with Gasteiger partial charge in [-0.3, -0.25) is 19.3 Å². The topological polar surface area (TPSA) is 88.4 Å². The average molecular weight is 285 g/mol. The third-order valence-corrected chi connectivity index (χ3v) is 4.21. The number of nitriles is 1. The minimum Gasteiger partial charge on any atom is -0.270 e. The number of rotatable bonds is 1. The molecule has 0 aliphatic heterocycles. The Labute approximate surface area is 116 Å². The number of benzene rings is 1. The first-order valence-electron chi connectivity index (χ1n) is 5.65. The Morgan fingerprint density at radius 3 is 2.80 bits per heavy atom. The molecule has 0 bridgehead atoms. The molecule has 0 unspecified atom stereocenters. The van der Waals surface area contributed by atoms with Gasteiger partial charge in [0.2, 0.25) is 0 Å². The molecule has 2 heterocycles. The number of aromatic nitrogens is 1. The van der Waals surface area contributed by atoms with Crippen LogP contribution < -0.4 is 5.56 Å². The van der Waals surface area contributed by atoms with Crippen molar-refractivity contribution in [2.45, 2.75) is 6.92 Å². The molecule has 0 radical (unpaired) electrons. The molecule has 20 heavy (non-hydrogen) atoms. The second-order valence-corrected chi connectivity index (χ2v) is 5.15. The number of nitrogens with zero attached hydrogens (tertiary/aromatic N) is 3. The zero-order valence-corrected chi connectivity index (χ0v) is 11.1. The van der Waals surface area contributed by atoms with Gasteiger partial charge < -0.3 is 0 Å². The zero-order chi connectivity index (χ0) is 14.4. The quantitative estimate of drug-likeness (QED) is 0.507. The first-order chi connectivity index (χ1) is 9.54. The average Bonchev–Trinajstić information content (AvgIpc) is 2.81. The molecule has 1 aromatic carbocycles. The van der Waals surface area contributed by atoms with E-state index in [1.807, 2.05) is 0 Å². The molecule has 98 valence electrons. The number of pyridine rings is 1. The van der Waals surface area contributed by atoms with Crippen LogP contribution in [0.3, 0.4) is 0 Å². The van der Waals surface area contributed by atoms with Crippen LogP contribution >= 0.6 is 11.3 Å². The molecular formula is C13H7N3O3S. The molecule has 7 heteroatoms. The summed E-state index contributed by atoms with van der Waals surface area (Å²) in [6.45, 7) is 1.76. The van der Waals surface area contributed by atoms with Gasteiger partial charge in [0, 0.05) is 28.6 Å². The lowest BCUT2D eigenvalue weighted by Gasteiger charge is -2.03. The van der Waals surface area contributed by atoms with Crippen molar-refractivity contribution < 1.29 is 4.92 Å². The Balaban J connectivity index is 2.62. The van der Waals surface area contributed by atoms with Crippen molar-refractivity contribution in [1.82, 2.24) is 4.40 Å². The zero-order valence-electron chi connectivity index (χ0n) is 10.3. The van der Waals surface area contributed by atoms with Gasteiger partial charge in [-0.05, 0) is 13.0 Å². The number of nitro benzene ring substituents is 1. The molecule has 3 rings (SSSR count). The summed E-state index contributed by atoms with van der Waals surface area (Å²) >= 11 is 1.31. The lowest BCUT2D eigenvalue weighted by atomic mass is 10.1. The van der Waals surface area contributed by atoms with Gasteiger partial charge in [0.05, 0.1) is 15.9 Å². The molecule has 0 atom stereocenters. The number of nitro groups is 1. The Hall–Kier alpha value is -2.72. The summed E-state index contributed by atoms with van der Waals surface area (Å²) < 4.78 is 1.43. The molecule has 0 aliphatic rings. The summed E-state index contributed by atoms with van der Waals surface area (Å²) in [4.78, 5) is 23.3. The number of hydrogen-bond acceptors (Lipinski definition) is 5. The molecule has 0 amide bonds. The summed E-state index contributed by atoms with van der Waals surface area (Å²) in [5, 5.41) is 22.6. The van der Waals surface area contributed by atoms with Crippen molar-refractivity contribution in [3.63, 3.8) is 0 Å². The second-order valence-electron chi connectivity index (χ2n) is 4.30. The van der Waals surface area contributed by atoms with E-state index in [-0.39, 0.29) is 16.6 Å². The number of thiazole rings is 1. The van der Waals surface area contributed by atoms with E-state index in [9.17, 15) is 20.2 Å². The SMILES string of the molecule is Cc1csc2c(C#N)c3ccc([N+](=O)[O-])cc3c(=O)n12. The second kappa shape index (κ2) is 4.15. The maximum absolute atomic E-state index is 12.5. The summed E-state index contributed by atoms with van der Waals surface area (Å²) in [7, 11) is 0. The first kappa shape index (κ1) is 12.3. The van der Waals surface area contributed by atoms with Gasteiger partial charge in [-0.15, -0.1) is 11.3 Å². The van der Waals surface area contributed by atoms with Crippen LogP contribution in [-0.4, -0.2) is 9.32 Å². The van der Waals surface area contributed by atoms with Crippen LogP contribution in [0.1, 0.15) is 11.3 Å². The van der Waals surface area contributed by atoms with Crippen molar-refractivity contribution in [2.24, 2.45) is 0 Å². The van der Waals surface area contributed by atoms with Crippen molar-refractivity contribution >= 4 is 32.6 Å². The third kappa shape index (κ3) is 1.52. The fourth-order valence-electron chi connectivity index (χ4n) is 2.21. The van der Waals surface area contributed by atoms with E-state index in [1.165, 1.54) is 33.9 Å².